The maximum atomic E-state index is 5.66. The Morgan fingerprint density at radius 3 is 2.75 bits per heavy atom. The minimum Gasteiger partial charge on any atom is -0.308 e. The van der Waals surface area contributed by atoms with E-state index >= 15 is 0 Å². The first-order valence-corrected chi connectivity index (χ1v) is 7.63. The highest BCUT2D eigenvalue weighted by atomic mass is 15.2. The molecule has 3 nitrogen and oxygen atoms in total. The molecule has 1 saturated carbocycles. The number of benzene rings is 1. The van der Waals surface area contributed by atoms with E-state index in [1.807, 2.05) is 0 Å². The van der Waals surface area contributed by atoms with Gasteiger partial charge in [0.05, 0.1) is 5.52 Å². The van der Waals surface area contributed by atoms with Crippen LogP contribution in [0.15, 0.2) is 24.3 Å². The zero-order valence-electron chi connectivity index (χ0n) is 12.2. The Labute approximate surface area is 120 Å². The summed E-state index contributed by atoms with van der Waals surface area (Å²) < 4.78 is 0. The molecule has 3 rings (SSSR count). The molecule has 1 aliphatic rings. The number of aryl methyl sites for hydroxylation is 1. The second-order valence-electron chi connectivity index (χ2n) is 6.04. The third-order valence-electron chi connectivity index (χ3n) is 4.42. The van der Waals surface area contributed by atoms with Gasteiger partial charge in [0.15, 0.2) is 0 Å². The van der Waals surface area contributed by atoms with Crippen LogP contribution in [0.2, 0.25) is 0 Å². The smallest absolute Gasteiger partial charge is 0.143 e. The Morgan fingerprint density at radius 1 is 1.20 bits per heavy atom. The summed E-state index contributed by atoms with van der Waals surface area (Å²) in [5.41, 5.74) is 6.33. The lowest BCUT2D eigenvalue weighted by Gasteiger charge is -2.22. The number of nitrogen functional groups attached to an aromatic ring is 1. The van der Waals surface area contributed by atoms with Gasteiger partial charge in [0.25, 0.3) is 0 Å². The van der Waals surface area contributed by atoms with Gasteiger partial charge in [0.2, 0.25) is 0 Å². The Kier molecular flexibility index (Phi) is 3.88. The molecule has 0 aliphatic heterocycles. The molecule has 0 unspecified atom stereocenters. The van der Waals surface area contributed by atoms with E-state index in [9.17, 15) is 0 Å². The van der Waals surface area contributed by atoms with E-state index in [4.69, 9.17) is 5.84 Å². The van der Waals surface area contributed by atoms with Gasteiger partial charge in [-0.2, -0.15) is 0 Å². The largest absolute Gasteiger partial charge is 0.308 e. The van der Waals surface area contributed by atoms with Gasteiger partial charge >= 0.3 is 0 Å². The second-order valence-corrected chi connectivity index (χ2v) is 6.04. The molecule has 3 N–H and O–H groups in total. The number of nitrogens with zero attached hydrogens (tertiary/aromatic N) is 1. The van der Waals surface area contributed by atoms with Crippen LogP contribution in [0.5, 0.6) is 0 Å². The highest BCUT2D eigenvalue weighted by Crippen LogP contribution is 2.30. The van der Waals surface area contributed by atoms with E-state index in [2.05, 4.69) is 41.6 Å². The number of fused-ring (bicyclic) bond motifs is 1. The van der Waals surface area contributed by atoms with Crippen LogP contribution in [-0.4, -0.2) is 4.98 Å². The zero-order valence-corrected chi connectivity index (χ0v) is 12.2. The van der Waals surface area contributed by atoms with Crippen LogP contribution in [0, 0.1) is 12.8 Å². The average molecular weight is 269 g/mol. The van der Waals surface area contributed by atoms with Crippen molar-refractivity contribution in [3.8, 4) is 0 Å². The van der Waals surface area contributed by atoms with Gasteiger partial charge in [0.1, 0.15) is 5.82 Å². The van der Waals surface area contributed by atoms with Crippen molar-refractivity contribution in [1.82, 2.24) is 4.98 Å². The van der Waals surface area contributed by atoms with Crippen molar-refractivity contribution in [3.63, 3.8) is 0 Å². The van der Waals surface area contributed by atoms with Crippen molar-refractivity contribution < 1.29 is 0 Å². The average Bonchev–Trinajstić information content (AvgIpc) is 2.47. The third kappa shape index (κ3) is 2.78. The lowest BCUT2D eigenvalue weighted by Crippen LogP contribution is -2.15. The molecule has 0 bridgehead atoms. The van der Waals surface area contributed by atoms with E-state index in [-0.39, 0.29) is 0 Å². The Balaban J connectivity index is 1.94. The van der Waals surface area contributed by atoms with Gasteiger partial charge in [-0.1, -0.05) is 43.7 Å². The molecule has 0 spiro atoms. The Hall–Kier alpha value is -1.61. The molecule has 20 heavy (non-hydrogen) atoms. The number of aromatic nitrogens is 1. The highest BCUT2D eigenvalue weighted by molar-refractivity contribution is 5.82. The molecule has 0 radical (unpaired) electrons. The Bertz CT molecular complexity index is 600. The summed E-state index contributed by atoms with van der Waals surface area (Å²) in [6, 6.07) is 8.62. The number of nitrogens with two attached hydrogens (primary N) is 1. The van der Waals surface area contributed by atoms with Crippen LogP contribution in [0.1, 0.15) is 43.2 Å². The molecule has 1 fully saturated rings. The van der Waals surface area contributed by atoms with E-state index in [0.717, 1.165) is 23.7 Å². The topological polar surface area (TPSA) is 50.9 Å². The molecule has 1 aromatic heterocycles. The van der Waals surface area contributed by atoms with E-state index in [0.29, 0.717) is 0 Å². The first-order valence-electron chi connectivity index (χ1n) is 7.63. The fourth-order valence-electron chi connectivity index (χ4n) is 3.32. The van der Waals surface area contributed by atoms with Crippen LogP contribution in [0.3, 0.4) is 0 Å². The first-order chi connectivity index (χ1) is 9.76. The van der Waals surface area contributed by atoms with Crippen LogP contribution >= 0.6 is 0 Å². The summed E-state index contributed by atoms with van der Waals surface area (Å²) in [5, 5.41) is 1.22. The normalized spacial score (nSPS) is 16.5. The molecular formula is C17H23N3. The van der Waals surface area contributed by atoms with E-state index in [1.165, 1.54) is 48.6 Å². The molecule has 1 heterocycles. The number of nitrogens with one attached hydrogen (secondary N) is 1. The quantitative estimate of drug-likeness (QED) is 0.655. The van der Waals surface area contributed by atoms with Gasteiger partial charge in [-0.25, -0.2) is 10.8 Å². The van der Waals surface area contributed by atoms with Crippen LogP contribution < -0.4 is 11.3 Å². The molecule has 2 aromatic rings. The number of hydrazine groups is 1. The van der Waals surface area contributed by atoms with E-state index < -0.39 is 0 Å². The molecular weight excluding hydrogens is 246 g/mol. The summed E-state index contributed by atoms with van der Waals surface area (Å²) in [6.07, 6.45) is 7.92. The molecule has 3 heteroatoms. The van der Waals surface area contributed by atoms with Gasteiger partial charge in [0, 0.05) is 5.39 Å². The maximum Gasteiger partial charge on any atom is 0.143 e. The lowest BCUT2D eigenvalue weighted by atomic mass is 9.85. The first kappa shape index (κ1) is 13.4. The van der Waals surface area contributed by atoms with E-state index in [1.54, 1.807) is 0 Å². The highest BCUT2D eigenvalue weighted by Gasteiger charge is 2.16. The summed E-state index contributed by atoms with van der Waals surface area (Å²) in [7, 11) is 0. The molecule has 0 saturated heterocycles. The van der Waals surface area contributed by atoms with Crippen molar-refractivity contribution in [2.75, 3.05) is 5.43 Å². The molecule has 0 atom stereocenters. The predicted octanol–water partition coefficient (Wildman–Crippen LogP) is 3.95. The third-order valence-corrected chi connectivity index (χ3v) is 4.42. The maximum absolute atomic E-state index is 5.66. The minimum atomic E-state index is 0.792. The van der Waals surface area contributed by atoms with Gasteiger partial charge in [-0.15, -0.1) is 0 Å². The zero-order chi connectivity index (χ0) is 13.9. The van der Waals surface area contributed by atoms with Crippen LogP contribution in [-0.2, 0) is 6.42 Å². The van der Waals surface area contributed by atoms with Crippen molar-refractivity contribution in [1.29, 1.82) is 0 Å². The summed E-state index contributed by atoms with van der Waals surface area (Å²) in [5.74, 6) is 7.30. The second kappa shape index (κ2) is 5.80. The summed E-state index contributed by atoms with van der Waals surface area (Å²) in [6.45, 7) is 2.12. The van der Waals surface area contributed by atoms with Crippen molar-refractivity contribution >= 4 is 16.7 Å². The number of rotatable bonds is 3. The molecule has 1 aliphatic carbocycles. The van der Waals surface area contributed by atoms with Crippen molar-refractivity contribution in [3.05, 3.63) is 35.4 Å². The standard InChI is InChI=1S/C17H23N3/c1-12-7-8-16-14(9-12)11-15(17(19-16)20-18)10-13-5-3-2-4-6-13/h7-9,11,13H,2-6,10,18H2,1H3,(H,19,20). The summed E-state index contributed by atoms with van der Waals surface area (Å²) in [4.78, 5) is 4.66. The number of hydrogen-bond acceptors (Lipinski definition) is 3. The van der Waals surface area contributed by atoms with Crippen molar-refractivity contribution in [2.45, 2.75) is 45.4 Å². The number of anilines is 1. The fourth-order valence-corrected chi connectivity index (χ4v) is 3.32. The fraction of sp³-hybridized carbons (Fsp3) is 0.471. The minimum absolute atomic E-state index is 0.792. The van der Waals surface area contributed by atoms with Gasteiger partial charge in [-0.3, -0.25) is 0 Å². The van der Waals surface area contributed by atoms with Crippen LogP contribution in [0.4, 0.5) is 5.82 Å². The van der Waals surface area contributed by atoms with Gasteiger partial charge < -0.3 is 5.43 Å². The molecule has 1 aromatic carbocycles. The monoisotopic (exact) mass is 269 g/mol. The number of pyridine rings is 1. The molecule has 0 amide bonds. The predicted molar refractivity (Wildman–Crippen MR) is 84.6 cm³/mol. The van der Waals surface area contributed by atoms with Crippen LogP contribution in [0.25, 0.3) is 10.9 Å². The Morgan fingerprint density at radius 2 is 2.00 bits per heavy atom. The van der Waals surface area contributed by atoms with Gasteiger partial charge in [-0.05, 0) is 43.0 Å². The number of hydrogen-bond donors (Lipinski definition) is 2. The molecule has 106 valence electrons. The lowest BCUT2D eigenvalue weighted by molar-refractivity contribution is 0.357. The summed E-state index contributed by atoms with van der Waals surface area (Å²) >= 11 is 0. The van der Waals surface area contributed by atoms with Crippen molar-refractivity contribution in [2.24, 2.45) is 11.8 Å². The SMILES string of the molecule is Cc1ccc2nc(NN)c(CC3CCCCC3)cc2c1.